The number of hydrogen-bond donors (Lipinski definition) is 1. The Morgan fingerprint density at radius 2 is 2.43 bits per heavy atom. The minimum absolute atomic E-state index is 0.557. The zero-order chi connectivity index (χ0) is 10.2. The molecule has 0 aliphatic carbocycles. The first-order valence-electron chi connectivity index (χ1n) is 5.06. The van der Waals surface area contributed by atoms with Crippen LogP contribution < -0.4 is 5.32 Å². The molecule has 14 heavy (non-hydrogen) atoms. The van der Waals surface area contributed by atoms with Crippen LogP contribution in [0.15, 0.2) is 16.8 Å². The highest BCUT2D eigenvalue weighted by molar-refractivity contribution is 7.07. The van der Waals surface area contributed by atoms with Gasteiger partial charge >= 0.3 is 0 Å². The first-order chi connectivity index (χ1) is 6.83. The highest BCUT2D eigenvalue weighted by atomic mass is 32.1. The summed E-state index contributed by atoms with van der Waals surface area (Å²) in [6.45, 7) is 4.11. The molecule has 3 heteroatoms. The number of nitrogens with one attached hydrogen (secondary N) is 1. The molecule has 0 amide bonds. The summed E-state index contributed by atoms with van der Waals surface area (Å²) >= 11 is 1.77. The molecule has 0 aliphatic rings. The maximum atomic E-state index is 4.99. The molecule has 1 rings (SSSR count). The van der Waals surface area contributed by atoms with Crippen molar-refractivity contribution >= 4 is 11.3 Å². The lowest BCUT2D eigenvalue weighted by Crippen LogP contribution is -2.29. The van der Waals surface area contributed by atoms with E-state index in [0.717, 1.165) is 26.0 Å². The van der Waals surface area contributed by atoms with Gasteiger partial charge in [-0.1, -0.05) is 0 Å². The summed E-state index contributed by atoms with van der Waals surface area (Å²) in [6, 6.07) is 2.75. The molecule has 0 aromatic carbocycles. The summed E-state index contributed by atoms with van der Waals surface area (Å²) in [5.74, 6) is 0. The second-order valence-corrected chi connectivity index (χ2v) is 4.32. The Kier molecular flexibility index (Phi) is 5.83. The molecule has 0 aliphatic heterocycles. The van der Waals surface area contributed by atoms with Crippen molar-refractivity contribution in [2.45, 2.75) is 25.8 Å². The van der Waals surface area contributed by atoms with Crippen LogP contribution >= 0.6 is 11.3 Å². The standard InChI is InChI=1S/C11H19NOS/c1-10(12-5-3-6-13-2)8-11-4-7-14-9-11/h4,7,9-10,12H,3,5-6,8H2,1-2H3. The van der Waals surface area contributed by atoms with E-state index in [4.69, 9.17) is 4.74 Å². The van der Waals surface area contributed by atoms with Gasteiger partial charge in [-0.2, -0.15) is 11.3 Å². The number of methoxy groups -OCH3 is 1. The van der Waals surface area contributed by atoms with Gasteiger partial charge in [0, 0.05) is 19.8 Å². The fourth-order valence-electron chi connectivity index (χ4n) is 1.40. The molecule has 80 valence electrons. The van der Waals surface area contributed by atoms with Crippen LogP contribution in [0, 0.1) is 0 Å². The van der Waals surface area contributed by atoms with Crippen LogP contribution in [-0.2, 0) is 11.2 Å². The second-order valence-electron chi connectivity index (χ2n) is 3.54. The summed E-state index contributed by atoms with van der Waals surface area (Å²) in [5, 5.41) is 7.83. The van der Waals surface area contributed by atoms with Gasteiger partial charge < -0.3 is 10.1 Å². The SMILES string of the molecule is COCCCNC(C)Cc1ccsc1. The summed E-state index contributed by atoms with van der Waals surface area (Å²) < 4.78 is 4.99. The molecular weight excluding hydrogens is 194 g/mol. The monoisotopic (exact) mass is 213 g/mol. The average molecular weight is 213 g/mol. The first-order valence-corrected chi connectivity index (χ1v) is 6.00. The smallest absolute Gasteiger partial charge is 0.0474 e. The van der Waals surface area contributed by atoms with Crippen LogP contribution in [0.1, 0.15) is 18.9 Å². The summed E-state index contributed by atoms with van der Waals surface area (Å²) in [5.41, 5.74) is 1.43. The van der Waals surface area contributed by atoms with Crippen LogP contribution in [-0.4, -0.2) is 26.3 Å². The highest BCUT2D eigenvalue weighted by Crippen LogP contribution is 2.08. The van der Waals surface area contributed by atoms with Crippen LogP contribution in [0.2, 0.25) is 0 Å². The van der Waals surface area contributed by atoms with Gasteiger partial charge in [-0.3, -0.25) is 0 Å². The van der Waals surface area contributed by atoms with Gasteiger partial charge in [0.05, 0.1) is 0 Å². The van der Waals surface area contributed by atoms with Crippen molar-refractivity contribution < 1.29 is 4.74 Å². The van der Waals surface area contributed by atoms with Crippen molar-refractivity contribution in [2.75, 3.05) is 20.3 Å². The third kappa shape index (κ3) is 4.74. The topological polar surface area (TPSA) is 21.3 Å². The quantitative estimate of drug-likeness (QED) is 0.702. The maximum Gasteiger partial charge on any atom is 0.0474 e. The predicted octanol–water partition coefficient (Wildman–Crippen LogP) is 2.31. The normalized spacial score (nSPS) is 13.0. The Labute approximate surface area is 90.3 Å². The van der Waals surface area contributed by atoms with Crippen LogP contribution in [0.3, 0.4) is 0 Å². The number of thiophene rings is 1. The van der Waals surface area contributed by atoms with E-state index in [-0.39, 0.29) is 0 Å². The van der Waals surface area contributed by atoms with Crippen LogP contribution in [0.25, 0.3) is 0 Å². The van der Waals surface area contributed by atoms with E-state index in [2.05, 4.69) is 29.1 Å². The van der Waals surface area contributed by atoms with E-state index in [9.17, 15) is 0 Å². The van der Waals surface area contributed by atoms with E-state index >= 15 is 0 Å². The van der Waals surface area contributed by atoms with Gasteiger partial charge in [-0.15, -0.1) is 0 Å². The largest absolute Gasteiger partial charge is 0.385 e. The molecule has 1 aromatic heterocycles. The molecule has 0 bridgehead atoms. The molecule has 1 heterocycles. The average Bonchev–Trinajstić information content (AvgIpc) is 2.65. The van der Waals surface area contributed by atoms with Crippen molar-refractivity contribution in [1.82, 2.24) is 5.32 Å². The zero-order valence-electron chi connectivity index (χ0n) is 8.95. The van der Waals surface area contributed by atoms with Gasteiger partial charge in [-0.05, 0) is 48.7 Å². The van der Waals surface area contributed by atoms with Crippen LogP contribution in [0.4, 0.5) is 0 Å². The molecule has 0 saturated carbocycles. The minimum Gasteiger partial charge on any atom is -0.385 e. The van der Waals surface area contributed by atoms with E-state index in [1.807, 2.05) is 0 Å². The van der Waals surface area contributed by atoms with E-state index in [1.165, 1.54) is 5.56 Å². The van der Waals surface area contributed by atoms with E-state index < -0.39 is 0 Å². The highest BCUT2D eigenvalue weighted by Gasteiger charge is 2.02. The summed E-state index contributed by atoms with van der Waals surface area (Å²) in [4.78, 5) is 0. The summed E-state index contributed by atoms with van der Waals surface area (Å²) in [6.07, 6.45) is 2.21. The van der Waals surface area contributed by atoms with Crippen molar-refractivity contribution in [3.63, 3.8) is 0 Å². The molecule has 0 spiro atoms. The van der Waals surface area contributed by atoms with Gasteiger partial charge in [0.15, 0.2) is 0 Å². The maximum absolute atomic E-state index is 4.99. The van der Waals surface area contributed by atoms with Crippen molar-refractivity contribution in [2.24, 2.45) is 0 Å². The molecule has 1 unspecified atom stereocenters. The lowest BCUT2D eigenvalue weighted by molar-refractivity contribution is 0.193. The van der Waals surface area contributed by atoms with Gasteiger partial charge in [0.25, 0.3) is 0 Å². The fraction of sp³-hybridized carbons (Fsp3) is 0.636. The van der Waals surface area contributed by atoms with Gasteiger partial charge in [-0.25, -0.2) is 0 Å². The molecular formula is C11H19NOS. The number of rotatable bonds is 7. The Bertz CT molecular complexity index is 223. The van der Waals surface area contributed by atoms with E-state index in [1.54, 1.807) is 18.4 Å². The van der Waals surface area contributed by atoms with Gasteiger partial charge in [0.2, 0.25) is 0 Å². The Morgan fingerprint density at radius 1 is 1.57 bits per heavy atom. The van der Waals surface area contributed by atoms with Crippen molar-refractivity contribution in [3.8, 4) is 0 Å². The number of hydrogen-bond acceptors (Lipinski definition) is 3. The Morgan fingerprint density at radius 3 is 3.07 bits per heavy atom. The van der Waals surface area contributed by atoms with E-state index in [0.29, 0.717) is 6.04 Å². The summed E-state index contributed by atoms with van der Waals surface area (Å²) in [7, 11) is 1.74. The lowest BCUT2D eigenvalue weighted by Gasteiger charge is -2.12. The predicted molar refractivity (Wildman–Crippen MR) is 62.0 cm³/mol. The minimum atomic E-state index is 0.557. The fourth-order valence-corrected chi connectivity index (χ4v) is 2.08. The van der Waals surface area contributed by atoms with Crippen LogP contribution in [0.5, 0.6) is 0 Å². The molecule has 0 radical (unpaired) electrons. The molecule has 0 saturated heterocycles. The van der Waals surface area contributed by atoms with Crippen molar-refractivity contribution in [1.29, 1.82) is 0 Å². The molecule has 1 atom stereocenters. The third-order valence-electron chi connectivity index (χ3n) is 2.14. The molecule has 1 N–H and O–H groups in total. The van der Waals surface area contributed by atoms with Gasteiger partial charge in [0.1, 0.15) is 0 Å². The zero-order valence-corrected chi connectivity index (χ0v) is 9.77. The Balaban J connectivity index is 2.07. The number of ether oxygens (including phenoxy) is 1. The van der Waals surface area contributed by atoms with Crippen molar-refractivity contribution in [3.05, 3.63) is 22.4 Å². The Hall–Kier alpha value is -0.380. The second kappa shape index (κ2) is 6.98. The molecule has 0 fully saturated rings. The molecule has 2 nitrogen and oxygen atoms in total. The first kappa shape index (κ1) is 11.7. The third-order valence-corrected chi connectivity index (χ3v) is 2.87. The lowest BCUT2D eigenvalue weighted by atomic mass is 10.1. The molecule has 1 aromatic rings.